The number of halogens is 9. The zero-order valence-electron chi connectivity index (χ0n) is 31.6. The highest BCUT2D eigenvalue weighted by Crippen LogP contribution is 2.62. The third kappa shape index (κ3) is 11.8. The fourth-order valence-electron chi connectivity index (χ4n) is 8.70. The van der Waals surface area contributed by atoms with Gasteiger partial charge in [0.15, 0.2) is 0 Å². The Labute approximate surface area is 330 Å². The van der Waals surface area contributed by atoms with Gasteiger partial charge in [0.1, 0.15) is 11.7 Å². The summed E-state index contributed by atoms with van der Waals surface area (Å²) in [6, 6.07) is 6.30. The zero-order chi connectivity index (χ0) is 41.0. The van der Waals surface area contributed by atoms with Gasteiger partial charge < -0.3 is 33.9 Å². The number of fused-ring (bicyclic) bond motifs is 5. The monoisotopic (exact) mass is 858 g/mol. The number of benzene rings is 1. The first kappa shape index (κ1) is 47.5. The summed E-state index contributed by atoms with van der Waals surface area (Å²) in [6.07, 6.45) is -12.7. The molecule has 0 saturated heterocycles. The minimum Gasteiger partial charge on any atom is -0.494 e. The number of rotatable bonds is 24. The molecule has 0 aromatic heterocycles. The number of aliphatic hydroxyl groups excluding tert-OH is 2. The SMILES string of the molecule is CC12CCC3c4ccc(OCCCCOCCSSCOCCCC(CO)CO)cc4CCC3C1CCC2OCCCOC(C(F)(F)F)(C(F)(F)F)C(F)(F)F. The lowest BCUT2D eigenvalue weighted by molar-refractivity contribution is -0.457. The van der Waals surface area contributed by atoms with Crippen LogP contribution in [0.25, 0.3) is 0 Å². The van der Waals surface area contributed by atoms with Crippen LogP contribution in [0.4, 0.5) is 39.5 Å². The molecule has 5 unspecified atom stereocenters. The quantitative estimate of drug-likeness (QED) is 0.0457. The highest BCUT2D eigenvalue weighted by Gasteiger charge is 2.85. The highest BCUT2D eigenvalue weighted by atomic mass is 33.1. The van der Waals surface area contributed by atoms with Crippen molar-refractivity contribution in [1.29, 1.82) is 0 Å². The van der Waals surface area contributed by atoms with Crippen LogP contribution in [-0.4, -0.2) is 105 Å². The molecule has 1 aromatic rings. The number of alkyl halides is 9. The van der Waals surface area contributed by atoms with E-state index in [0.29, 0.717) is 56.5 Å². The van der Waals surface area contributed by atoms with Crippen LogP contribution in [0.2, 0.25) is 0 Å². The van der Waals surface area contributed by atoms with Crippen molar-refractivity contribution >= 4 is 21.6 Å². The van der Waals surface area contributed by atoms with Crippen LogP contribution < -0.4 is 4.74 Å². The van der Waals surface area contributed by atoms with Crippen LogP contribution in [0.3, 0.4) is 0 Å². The molecule has 7 nitrogen and oxygen atoms in total. The van der Waals surface area contributed by atoms with Gasteiger partial charge in [-0.25, -0.2) is 0 Å². The van der Waals surface area contributed by atoms with Crippen molar-refractivity contribution in [3.05, 3.63) is 29.3 Å². The van der Waals surface area contributed by atoms with Gasteiger partial charge in [0.2, 0.25) is 0 Å². The van der Waals surface area contributed by atoms with E-state index in [0.717, 1.165) is 69.3 Å². The number of aliphatic hydroxyl groups is 2. The minimum atomic E-state index is -6.74. The van der Waals surface area contributed by atoms with Crippen LogP contribution in [0.15, 0.2) is 18.2 Å². The summed E-state index contributed by atoms with van der Waals surface area (Å²) in [7, 11) is 3.32. The molecule has 0 amide bonds. The summed E-state index contributed by atoms with van der Waals surface area (Å²) < 4.78 is 145. The lowest BCUT2D eigenvalue weighted by atomic mass is 9.55. The number of hydrogen-bond acceptors (Lipinski definition) is 9. The normalized spacial score (nSPS) is 24.3. The zero-order valence-corrected chi connectivity index (χ0v) is 33.3. The standard InChI is InChI=1S/C38H55F9O7S2/c1-34-14-13-30-29-10-8-28(52-17-3-2-15-50-20-21-55-56-25-51-16-4-6-26(23-48)24-49)22-27(29)7-9-31(30)32(34)11-12-33(34)53-18-5-19-54-35(36(39,40)41,37(42,43)44)38(45,46)47/h8,10,22,26,30-33,48-49H,2-7,9,11-21,23-25H2,1H3. The smallest absolute Gasteiger partial charge is 0.435 e. The first-order valence-corrected chi connectivity index (χ1v) is 21.8. The summed E-state index contributed by atoms with van der Waals surface area (Å²) in [4.78, 5) is 0. The second-order valence-electron chi connectivity index (χ2n) is 15.1. The predicted molar refractivity (Wildman–Crippen MR) is 196 cm³/mol. The molecule has 0 bridgehead atoms. The largest absolute Gasteiger partial charge is 0.494 e. The maximum atomic E-state index is 13.2. The van der Waals surface area contributed by atoms with Gasteiger partial charge in [0.05, 0.1) is 25.9 Å². The van der Waals surface area contributed by atoms with Gasteiger partial charge in [-0.1, -0.05) is 34.6 Å². The van der Waals surface area contributed by atoms with E-state index < -0.39 is 37.2 Å². The van der Waals surface area contributed by atoms with Gasteiger partial charge in [0, 0.05) is 44.7 Å². The van der Waals surface area contributed by atoms with E-state index >= 15 is 0 Å². The van der Waals surface area contributed by atoms with Gasteiger partial charge in [-0.05, 0) is 117 Å². The molecule has 324 valence electrons. The Balaban J connectivity index is 1.12. The second kappa shape index (κ2) is 21.4. The number of unbranched alkanes of at least 4 members (excludes halogenated alkanes) is 1. The average molecular weight is 859 g/mol. The molecule has 2 fully saturated rings. The van der Waals surface area contributed by atoms with Crippen LogP contribution >= 0.6 is 21.6 Å². The van der Waals surface area contributed by atoms with Gasteiger partial charge in [-0.3, -0.25) is 0 Å². The molecule has 0 spiro atoms. The van der Waals surface area contributed by atoms with Crippen LogP contribution in [-0.2, 0) is 25.4 Å². The lowest BCUT2D eigenvalue weighted by Gasteiger charge is -2.50. The predicted octanol–water partition coefficient (Wildman–Crippen LogP) is 9.67. The Bertz CT molecular complexity index is 1280. The number of hydrogen-bond donors (Lipinski definition) is 2. The van der Waals surface area contributed by atoms with Crippen LogP contribution in [0.1, 0.15) is 88.2 Å². The molecule has 3 aliphatic carbocycles. The third-order valence-corrected chi connectivity index (χ3v) is 13.7. The summed E-state index contributed by atoms with van der Waals surface area (Å²) in [6.45, 7) is 2.84. The van der Waals surface area contributed by atoms with Crippen molar-refractivity contribution in [2.45, 2.75) is 114 Å². The number of ether oxygens (including phenoxy) is 5. The fourth-order valence-corrected chi connectivity index (χ4v) is 10.2. The molecule has 1 aromatic carbocycles. The Kier molecular flexibility index (Phi) is 18.2. The molecule has 2 saturated carbocycles. The van der Waals surface area contributed by atoms with Crippen molar-refractivity contribution in [3.63, 3.8) is 0 Å². The summed E-state index contributed by atoms with van der Waals surface area (Å²) in [5.74, 6) is 3.23. The molecule has 18 heteroatoms. The van der Waals surface area contributed by atoms with Crippen molar-refractivity contribution in [3.8, 4) is 5.75 Å². The van der Waals surface area contributed by atoms with E-state index in [1.807, 2.05) is 6.07 Å². The van der Waals surface area contributed by atoms with Gasteiger partial charge >= 0.3 is 24.1 Å². The minimum absolute atomic E-state index is 0.00924. The lowest BCUT2D eigenvalue weighted by Crippen LogP contribution is -2.67. The molecule has 0 radical (unpaired) electrons. The van der Waals surface area contributed by atoms with E-state index in [1.165, 1.54) is 11.1 Å². The van der Waals surface area contributed by atoms with E-state index in [9.17, 15) is 39.5 Å². The average Bonchev–Trinajstić information content (AvgIpc) is 3.47. The fraction of sp³-hybridized carbons (Fsp3) is 0.842. The topological polar surface area (TPSA) is 86.6 Å². The Morgan fingerprint density at radius 3 is 2.16 bits per heavy atom. The third-order valence-electron chi connectivity index (χ3n) is 11.6. The van der Waals surface area contributed by atoms with Crippen molar-refractivity contribution in [2.75, 3.05) is 64.5 Å². The van der Waals surface area contributed by atoms with Gasteiger partial charge in [-0.2, -0.15) is 39.5 Å². The maximum Gasteiger partial charge on any atom is 0.435 e. The Morgan fingerprint density at radius 2 is 1.46 bits per heavy atom. The van der Waals surface area contributed by atoms with E-state index in [-0.39, 0.29) is 37.3 Å². The molecule has 5 atom stereocenters. The molecule has 56 heavy (non-hydrogen) atoms. The number of aryl methyl sites for hydroxylation is 1. The van der Waals surface area contributed by atoms with Crippen molar-refractivity contribution < 1.29 is 73.4 Å². The summed E-state index contributed by atoms with van der Waals surface area (Å²) in [5, 5.41) is 18.1. The van der Waals surface area contributed by atoms with E-state index in [2.05, 4.69) is 23.8 Å². The van der Waals surface area contributed by atoms with E-state index in [4.69, 9.17) is 29.2 Å². The highest BCUT2D eigenvalue weighted by molar-refractivity contribution is 8.76. The molecule has 4 rings (SSSR count). The molecule has 0 aliphatic heterocycles. The summed E-state index contributed by atoms with van der Waals surface area (Å²) >= 11 is 0. The first-order chi connectivity index (χ1) is 26.5. The van der Waals surface area contributed by atoms with Gasteiger partial charge in [0.25, 0.3) is 0 Å². The Hall–Kier alpha value is -1.15. The molecule has 3 aliphatic rings. The van der Waals surface area contributed by atoms with Crippen LogP contribution in [0.5, 0.6) is 5.75 Å². The molecular formula is C38H55F9O7S2. The summed E-state index contributed by atoms with van der Waals surface area (Å²) in [5.41, 5.74) is -3.94. The van der Waals surface area contributed by atoms with Crippen LogP contribution in [0, 0.1) is 23.2 Å². The molecular weight excluding hydrogens is 804 g/mol. The maximum absolute atomic E-state index is 13.2. The Morgan fingerprint density at radius 1 is 0.768 bits per heavy atom. The van der Waals surface area contributed by atoms with Crippen molar-refractivity contribution in [1.82, 2.24) is 0 Å². The van der Waals surface area contributed by atoms with Crippen molar-refractivity contribution in [2.24, 2.45) is 23.2 Å². The van der Waals surface area contributed by atoms with Gasteiger partial charge in [-0.15, -0.1) is 0 Å². The first-order valence-electron chi connectivity index (χ1n) is 19.3. The molecule has 2 N–H and O–H groups in total. The second-order valence-corrected chi connectivity index (χ2v) is 17.7. The van der Waals surface area contributed by atoms with E-state index in [1.54, 1.807) is 21.6 Å². The molecule has 0 heterocycles.